The fraction of sp³-hybridized carbons (Fsp3) is 0.0556. The SMILES string of the molecule is COc1ccc2ncnc(Nc3cccc4cccnc34)c2c1. The molecule has 0 atom stereocenters. The monoisotopic (exact) mass is 302 g/mol. The molecular formula is C18H14N4O. The Balaban J connectivity index is 1.86. The second-order valence-corrected chi connectivity index (χ2v) is 5.11. The second-order valence-electron chi connectivity index (χ2n) is 5.11. The lowest BCUT2D eigenvalue weighted by Gasteiger charge is -2.11. The molecule has 0 aliphatic rings. The zero-order valence-electron chi connectivity index (χ0n) is 12.5. The maximum Gasteiger partial charge on any atom is 0.141 e. The number of benzene rings is 2. The van der Waals surface area contributed by atoms with Gasteiger partial charge in [-0.15, -0.1) is 0 Å². The Bertz CT molecular complexity index is 995. The molecule has 0 saturated heterocycles. The second kappa shape index (κ2) is 5.53. The number of para-hydroxylation sites is 1. The summed E-state index contributed by atoms with van der Waals surface area (Å²) in [5.74, 6) is 1.50. The molecular weight excluding hydrogens is 288 g/mol. The van der Waals surface area contributed by atoms with E-state index in [1.54, 1.807) is 19.6 Å². The van der Waals surface area contributed by atoms with Gasteiger partial charge in [-0.05, 0) is 30.3 Å². The maximum absolute atomic E-state index is 5.30. The smallest absolute Gasteiger partial charge is 0.141 e. The van der Waals surface area contributed by atoms with E-state index in [-0.39, 0.29) is 0 Å². The van der Waals surface area contributed by atoms with E-state index in [0.717, 1.165) is 39.1 Å². The van der Waals surface area contributed by atoms with Gasteiger partial charge < -0.3 is 10.1 Å². The number of anilines is 2. The molecule has 2 heterocycles. The highest BCUT2D eigenvalue weighted by atomic mass is 16.5. The molecule has 0 aliphatic heterocycles. The van der Waals surface area contributed by atoms with E-state index in [2.05, 4.69) is 20.3 Å². The number of methoxy groups -OCH3 is 1. The van der Waals surface area contributed by atoms with E-state index in [9.17, 15) is 0 Å². The summed E-state index contributed by atoms with van der Waals surface area (Å²) in [5, 5.41) is 5.35. The van der Waals surface area contributed by atoms with Gasteiger partial charge in [-0.1, -0.05) is 18.2 Å². The van der Waals surface area contributed by atoms with E-state index in [0.29, 0.717) is 0 Å². The van der Waals surface area contributed by atoms with Crippen LogP contribution in [0, 0.1) is 0 Å². The fourth-order valence-electron chi connectivity index (χ4n) is 2.59. The third-order valence-corrected chi connectivity index (χ3v) is 3.73. The van der Waals surface area contributed by atoms with Gasteiger partial charge >= 0.3 is 0 Å². The molecule has 5 heteroatoms. The van der Waals surface area contributed by atoms with Crippen molar-refractivity contribution in [2.75, 3.05) is 12.4 Å². The largest absolute Gasteiger partial charge is 0.497 e. The summed E-state index contributed by atoms with van der Waals surface area (Å²) in [6.45, 7) is 0. The lowest BCUT2D eigenvalue weighted by atomic mass is 10.2. The summed E-state index contributed by atoms with van der Waals surface area (Å²) in [5.41, 5.74) is 2.67. The molecule has 0 spiro atoms. The molecule has 0 fully saturated rings. The highest BCUT2D eigenvalue weighted by Crippen LogP contribution is 2.29. The van der Waals surface area contributed by atoms with Crippen molar-refractivity contribution >= 4 is 33.3 Å². The van der Waals surface area contributed by atoms with Crippen molar-refractivity contribution in [3.05, 3.63) is 61.1 Å². The van der Waals surface area contributed by atoms with Crippen molar-refractivity contribution in [2.45, 2.75) is 0 Å². The molecule has 112 valence electrons. The number of pyridine rings is 1. The van der Waals surface area contributed by atoms with Crippen LogP contribution in [0.5, 0.6) is 5.75 Å². The van der Waals surface area contributed by atoms with Crippen LogP contribution < -0.4 is 10.1 Å². The summed E-state index contributed by atoms with van der Waals surface area (Å²) in [4.78, 5) is 13.1. The zero-order chi connectivity index (χ0) is 15.6. The van der Waals surface area contributed by atoms with Gasteiger partial charge in [0, 0.05) is 17.0 Å². The Hall–Kier alpha value is -3.21. The number of fused-ring (bicyclic) bond motifs is 2. The maximum atomic E-state index is 5.30. The standard InChI is InChI=1S/C18H14N4O/c1-23-13-7-8-15-14(10-13)18(21-11-20-15)22-16-6-2-4-12-5-3-9-19-17(12)16/h2-11H,1H3,(H,20,21,22). The number of hydrogen-bond acceptors (Lipinski definition) is 5. The molecule has 4 rings (SSSR count). The quantitative estimate of drug-likeness (QED) is 0.621. The number of rotatable bonds is 3. The minimum absolute atomic E-state index is 0.729. The Labute approximate surface area is 133 Å². The van der Waals surface area contributed by atoms with Crippen molar-refractivity contribution in [3.63, 3.8) is 0 Å². The van der Waals surface area contributed by atoms with Gasteiger partial charge in [-0.25, -0.2) is 9.97 Å². The number of hydrogen-bond donors (Lipinski definition) is 1. The summed E-state index contributed by atoms with van der Waals surface area (Å²) >= 11 is 0. The van der Waals surface area contributed by atoms with Crippen LogP contribution in [0.25, 0.3) is 21.8 Å². The highest BCUT2D eigenvalue weighted by molar-refractivity contribution is 5.96. The molecule has 0 saturated carbocycles. The number of ether oxygens (including phenoxy) is 1. The van der Waals surface area contributed by atoms with Crippen molar-refractivity contribution < 1.29 is 4.74 Å². The molecule has 0 radical (unpaired) electrons. The van der Waals surface area contributed by atoms with Crippen molar-refractivity contribution in [1.82, 2.24) is 15.0 Å². The van der Waals surface area contributed by atoms with Crippen LogP contribution in [0.3, 0.4) is 0 Å². The summed E-state index contributed by atoms with van der Waals surface area (Å²) in [6.07, 6.45) is 3.34. The van der Waals surface area contributed by atoms with Gasteiger partial charge in [-0.2, -0.15) is 0 Å². The molecule has 5 nitrogen and oxygen atoms in total. The number of aromatic nitrogens is 3. The average molecular weight is 302 g/mol. The van der Waals surface area contributed by atoms with Gasteiger partial charge in [0.25, 0.3) is 0 Å². The van der Waals surface area contributed by atoms with Gasteiger partial charge in [0.05, 0.1) is 23.8 Å². The third kappa shape index (κ3) is 2.42. The van der Waals surface area contributed by atoms with Crippen LogP contribution in [-0.4, -0.2) is 22.1 Å². The van der Waals surface area contributed by atoms with E-state index in [4.69, 9.17) is 4.74 Å². The first-order valence-electron chi connectivity index (χ1n) is 7.25. The number of nitrogens with one attached hydrogen (secondary N) is 1. The Morgan fingerprint density at radius 2 is 1.87 bits per heavy atom. The predicted octanol–water partition coefficient (Wildman–Crippen LogP) is 3.93. The molecule has 1 N–H and O–H groups in total. The van der Waals surface area contributed by atoms with Crippen LogP contribution >= 0.6 is 0 Å². The molecule has 0 bridgehead atoms. The van der Waals surface area contributed by atoms with Crippen LogP contribution in [0.15, 0.2) is 61.1 Å². The summed E-state index contributed by atoms with van der Waals surface area (Å²) in [6, 6.07) is 15.7. The first-order valence-corrected chi connectivity index (χ1v) is 7.25. The van der Waals surface area contributed by atoms with Crippen molar-refractivity contribution in [2.24, 2.45) is 0 Å². The average Bonchev–Trinajstić information content (AvgIpc) is 2.62. The number of nitrogens with zero attached hydrogens (tertiary/aromatic N) is 3. The van der Waals surface area contributed by atoms with Gasteiger partial charge in [-0.3, -0.25) is 4.98 Å². The van der Waals surface area contributed by atoms with Crippen molar-refractivity contribution in [1.29, 1.82) is 0 Å². The minimum atomic E-state index is 0.729. The normalized spacial score (nSPS) is 10.8. The molecule has 0 aliphatic carbocycles. The van der Waals surface area contributed by atoms with Gasteiger partial charge in [0.1, 0.15) is 17.9 Å². The lowest BCUT2D eigenvalue weighted by molar-refractivity contribution is 0.415. The summed E-state index contributed by atoms with van der Waals surface area (Å²) in [7, 11) is 1.65. The molecule has 23 heavy (non-hydrogen) atoms. The van der Waals surface area contributed by atoms with Crippen molar-refractivity contribution in [3.8, 4) is 5.75 Å². The van der Waals surface area contributed by atoms with Crippen LogP contribution in [0.4, 0.5) is 11.5 Å². The highest BCUT2D eigenvalue weighted by Gasteiger charge is 2.08. The fourth-order valence-corrected chi connectivity index (χ4v) is 2.59. The topological polar surface area (TPSA) is 59.9 Å². The first kappa shape index (κ1) is 13.5. The minimum Gasteiger partial charge on any atom is -0.497 e. The Kier molecular flexibility index (Phi) is 3.24. The first-order chi connectivity index (χ1) is 11.3. The molecule has 0 amide bonds. The van der Waals surface area contributed by atoms with E-state index >= 15 is 0 Å². The summed E-state index contributed by atoms with van der Waals surface area (Å²) < 4.78 is 5.30. The van der Waals surface area contributed by atoms with Gasteiger partial charge in [0.2, 0.25) is 0 Å². The Morgan fingerprint density at radius 1 is 0.957 bits per heavy atom. The van der Waals surface area contributed by atoms with Gasteiger partial charge in [0.15, 0.2) is 0 Å². The van der Waals surface area contributed by atoms with E-state index in [1.807, 2.05) is 48.5 Å². The van der Waals surface area contributed by atoms with Crippen LogP contribution in [0.2, 0.25) is 0 Å². The van der Waals surface area contributed by atoms with Crippen LogP contribution in [0.1, 0.15) is 0 Å². The molecule has 4 aromatic rings. The Morgan fingerprint density at radius 3 is 2.78 bits per heavy atom. The lowest BCUT2D eigenvalue weighted by Crippen LogP contribution is -1.97. The molecule has 0 unspecified atom stereocenters. The molecule has 2 aromatic heterocycles. The van der Waals surface area contributed by atoms with E-state index in [1.165, 1.54) is 0 Å². The molecule has 2 aromatic carbocycles. The predicted molar refractivity (Wildman–Crippen MR) is 91.1 cm³/mol. The van der Waals surface area contributed by atoms with Crippen LogP contribution in [-0.2, 0) is 0 Å². The zero-order valence-corrected chi connectivity index (χ0v) is 12.5. The van der Waals surface area contributed by atoms with E-state index < -0.39 is 0 Å². The third-order valence-electron chi connectivity index (χ3n) is 3.73.